The zero-order chi connectivity index (χ0) is 31.1. The van der Waals surface area contributed by atoms with Crippen molar-refractivity contribution in [2.75, 3.05) is 34.0 Å². The van der Waals surface area contributed by atoms with Gasteiger partial charge in [0.05, 0.1) is 39.6 Å². The normalized spacial score (nSPS) is 30.8. The fraction of sp³-hybridized carbons (Fsp3) is 0.464. The number of hydrogen-bond acceptors (Lipinski definition) is 15. The molecular formula is C28H32O15. The summed E-state index contributed by atoms with van der Waals surface area (Å²) >= 11 is 0. The average molecular weight is 609 g/mol. The summed E-state index contributed by atoms with van der Waals surface area (Å²) in [4.78, 5) is 13.2. The van der Waals surface area contributed by atoms with Crippen molar-refractivity contribution in [3.63, 3.8) is 0 Å². The molecule has 2 aliphatic rings. The first kappa shape index (κ1) is 30.9. The molecule has 0 unspecified atom stereocenters. The predicted octanol–water partition coefficient (Wildman–Crippen LogP) is -1.17. The molecule has 0 aliphatic carbocycles. The quantitative estimate of drug-likeness (QED) is 0.152. The summed E-state index contributed by atoms with van der Waals surface area (Å²) in [5.41, 5.74) is -1.87. The first-order valence-corrected chi connectivity index (χ1v) is 13.1. The minimum absolute atomic E-state index is 0.0406. The zero-order valence-electron chi connectivity index (χ0n) is 23.0. The van der Waals surface area contributed by atoms with Crippen molar-refractivity contribution in [1.82, 2.24) is 0 Å². The van der Waals surface area contributed by atoms with Crippen LogP contribution < -0.4 is 19.6 Å². The van der Waals surface area contributed by atoms with E-state index >= 15 is 0 Å². The van der Waals surface area contributed by atoms with Crippen LogP contribution in [-0.4, -0.2) is 118 Å². The number of aliphatic hydroxyl groups is 6. The van der Waals surface area contributed by atoms with Crippen molar-refractivity contribution in [3.05, 3.63) is 46.8 Å². The number of rotatable bonds is 9. The van der Waals surface area contributed by atoms with Gasteiger partial charge in [-0.3, -0.25) is 4.79 Å². The Hall–Kier alpha value is -3.51. The highest BCUT2D eigenvalue weighted by atomic mass is 16.7. The molecule has 2 saturated heterocycles. The van der Waals surface area contributed by atoms with Crippen LogP contribution in [0.3, 0.4) is 0 Å². The van der Waals surface area contributed by atoms with Crippen LogP contribution in [0.15, 0.2) is 45.8 Å². The third kappa shape index (κ3) is 5.74. The lowest BCUT2D eigenvalue weighted by atomic mass is 9.99. The van der Waals surface area contributed by atoms with E-state index in [0.29, 0.717) is 11.3 Å². The number of methoxy groups -OCH3 is 2. The van der Waals surface area contributed by atoms with Crippen molar-refractivity contribution < 1.29 is 68.6 Å². The van der Waals surface area contributed by atoms with Gasteiger partial charge in [0.15, 0.2) is 17.8 Å². The lowest BCUT2D eigenvalue weighted by Crippen LogP contribution is -2.60. The van der Waals surface area contributed by atoms with Crippen molar-refractivity contribution in [2.45, 2.75) is 48.7 Å². The van der Waals surface area contributed by atoms with Crippen LogP contribution in [0.25, 0.3) is 22.1 Å². The van der Waals surface area contributed by atoms with E-state index in [9.17, 15) is 40.5 Å². The van der Waals surface area contributed by atoms with Gasteiger partial charge in [-0.15, -0.1) is 0 Å². The van der Waals surface area contributed by atoms with Gasteiger partial charge in [-0.1, -0.05) is 6.07 Å². The molecule has 2 aliphatic heterocycles. The van der Waals surface area contributed by atoms with E-state index in [0.717, 1.165) is 0 Å². The van der Waals surface area contributed by atoms with Gasteiger partial charge in [-0.2, -0.15) is 0 Å². The Bertz CT molecular complexity index is 1510. The highest BCUT2D eigenvalue weighted by Gasteiger charge is 2.50. The highest BCUT2D eigenvalue weighted by Crippen LogP contribution is 2.36. The molecule has 0 spiro atoms. The molecule has 234 valence electrons. The molecule has 5 rings (SSSR count). The van der Waals surface area contributed by atoms with E-state index in [1.54, 1.807) is 0 Å². The fourth-order valence-electron chi connectivity index (χ4n) is 4.86. The van der Waals surface area contributed by atoms with Crippen LogP contribution in [0.2, 0.25) is 0 Å². The van der Waals surface area contributed by atoms with Gasteiger partial charge in [-0.05, 0) is 17.7 Å². The van der Waals surface area contributed by atoms with E-state index in [1.165, 1.54) is 50.8 Å². The number of aliphatic hydroxyl groups excluding tert-OH is 5. The molecule has 43 heavy (non-hydrogen) atoms. The molecule has 15 heteroatoms. The zero-order valence-corrected chi connectivity index (χ0v) is 23.0. The van der Waals surface area contributed by atoms with Gasteiger partial charge < -0.3 is 68.6 Å². The van der Waals surface area contributed by atoms with E-state index < -0.39 is 74.0 Å². The maximum Gasteiger partial charge on any atom is 0.229 e. The van der Waals surface area contributed by atoms with Crippen molar-refractivity contribution in [3.8, 4) is 34.1 Å². The summed E-state index contributed by atoms with van der Waals surface area (Å²) < 4.78 is 38.1. The Balaban J connectivity index is 1.34. The Labute approximate surface area is 243 Å². The number of ether oxygens (including phenoxy) is 6. The van der Waals surface area contributed by atoms with Gasteiger partial charge in [0.2, 0.25) is 11.7 Å². The number of hydrogen-bond donors (Lipinski definition) is 7. The van der Waals surface area contributed by atoms with E-state index in [1.807, 2.05) is 0 Å². The minimum Gasteiger partial charge on any atom is -0.507 e. The monoisotopic (exact) mass is 608 g/mol. The molecule has 2 fully saturated rings. The molecular weight excluding hydrogens is 576 g/mol. The van der Waals surface area contributed by atoms with Crippen LogP contribution in [0.1, 0.15) is 0 Å². The summed E-state index contributed by atoms with van der Waals surface area (Å²) in [6.45, 7) is -1.63. The third-order valence-electron chi connectivity index (χ3n) is 7.46. The molecule has 2 aromatic carbocycles. The largest absolute Gasteiger partial charge is 0.507 e. The van der Waals surface area contributed by atoms with E-state index in [4.69, 9.17) is 32.8 Å². The lowest BCUT2D eigenvalue weighted by Gasteiger charge is -2.40. The summed E-state index contributed by atoms with van der Waals surface area (Å²) in [7, 11) is 2.74. The lowest BCUT2D eigenvalue weighted by molar-refractivity contribution is -0.289. The molecule has 7 N–H and O–H groups in total. The maximum atomic E-state index is 13.2. The molecule has 3 aromatic rings. The standard InChI is InChI=1S/C28H32O15/c1-37-13-6-15(30)20-18(7-13)39-8-14(21(20)31)12-3-4-16(17(5-12)38-2)42-26-24(34)23(33)22(32)19(43-26)9-40-27-25(35)28(36,10-29)11-41-27/h3-8,19,22-27,29-30,32-36H,9-11H2,1-2H3/t19-,22+,23+,24-,25-,26-,27+,28-/m0/s1. The van der Waals surface area contributed by atoms with Crippen LogP contribution in [0.5, 0.6) is 23.0 Å². The molecule has 15 nitrogen and oxygen atoms in total. The Morgan fingerprint density at radius 2 is 1.74 bits per heavy atom. The van der Waals surface area contributed by atoms with Gasteiger partial charge in [0.25, 0.3) is 0 Å². The third-order valence-corrected chi connectivity index (χ3v) is 7.46. The number of aromatic hydroxyl groups is 1. The number of phenols is 1. The second-order valence-corrected chi connectivity index (χ2v) is 10.2. The number of fused-ring (bicyclic) bond motifs is 1. The molecule has 8 atom stereocenters. The van der Waals surface area contributed by atoms with E-state index in [2.05, 4.69) is 0 Å². The minimum atomic E-state index is -1.93. The number of benzene rings is 2. The first-order valence-electron chi connectivity index (χ1n) is 13.1. The van der Waals surface area contributed by atoms with Crippen LogP contribution in [0.4, 0.5) is 0 Å². The SMILES string of the molecule is COc1cc(O)c2c(=O)c(-c3ccc(O[C@H]4O[C@@H](CO[C@@H]5OC[C@@](O)(CO)[C@H]5O)[C@@H](O)[C@@H](O)[C@@H]4O)c(OC)c3)coc2c1. The van der Waals surface area contributed by atoms with Gasteiger partial charge in [0.1, 0.15) is 64.9 Å². The van der Waals surface area contributed by atoms with Crippen molar-refractivity contribution in [2.24, 2.45) is 0 Å². The van der Waals surface area contributed by atoms with Gasteiger partial charge in [-0.25, -0.2) is 0 Å². The van der Waals surface area contributed by atoms with Crippen molar-refractivity contribution in [1.29, 1.82) is 0 Å². The molecule has 3 heterocycles. The van der Waals surface area contributed by atoms with E-state index in [-0.39, 0.29) is 33.8 Å². The van der Waals surface area contributed by atoms with Crippen molar-refractivity contribution >= 4 is 11.0 Å². The molecule has 0 bridgehead atoms. The second-order valence-electron chi connectivity index (χ2n) is 10.2. The second kappa shape index (κ2) is 12.2. The molecule has 0 amide bonds. The maximum absolute atomic E-state index is 13.2. The molecule has 1 aromatic heterocycles. The van der Waals surface area contributed by atoms with Gasteiger partial charge in [0, 0.05) is 12.1 Å². The Morgan fingerprint density at radius 1 is 0.977 bits per heavy atom. The number of phenolic OH excluding ortho intramolecular Hbond substituents is 1. The molecule has 0 saturated carbocycles. The Kier molecular flexibility index (Phi) is 8.80. The summed E-state index contributed by atoms with van der Waals surface area (Å²) in [6.07, 6.45) is -9.61. The first-order chi connectivity index (χ1) is 20.5. The average Bonchev–Trinajstić information content (AvgIpc) is 3.30. The van der Waals surface area contributed by atoms with Crippen LogP contribution in [-0.2, 0) is 14.2 Å². The topological polar surface area (TPSA) is 227 Å². The summed E-state index contributed by atoms with van der Waals surface area (Å²) in [5.74, 6) is 0.128. The smallest absolute Gasteiger partial charge is 0.229 e. The molecule has 0 radical (unpaired) electrons. The highest BCUT2D eigenvalue weighted by molar-refractivity contribution is 5.88. The fourth-order valence-corrected chi connectivity index (χ4v) is 4.86. The summed E-state index contributed by atoms with van der Waals surface area (Å²) in [5, 5.41) is 71.4. The van der Waals surface area contributed by atoms with Crippen LogP contribution in [0, 0.1) is 0 Å². The predicted molar refractivity (Wildman–Crippen MR) is 144 cm³/mol. The summed E-state index contributed by atoms with van der Waals surface area (Å²) in [6, 6.07) is 7.13. The Morgan fingerprint density at radius 3 is 2.42 bits per heavy atom. The van der Waals surface area contributed by atoms with Gasteiger partial charge >= 0.3 is 0 Å². The van der Waals surface area contributed by atoms with Crippen LogP contribution >= 0.6 is 0 Å².